The minimum Gasteiger partial charge on any atom is -0.480 e. The molecule has 2 rings (SSSR count). The van der Waals surface area contributed by atoms with Gasteiger partial charge in [0, 0.05) is 5.02 Å². The number of aliphatic carboxylic acids is 1. The smallest absolute Gasteiger partial charge is 0.321 e. The largest absolute Gasteiger partial charge is 0.480 e. The van der Waals surface area contributed by atoms with Crippen LogP contribution in [0.1, 0.15) is 24.0 Å². The zero-order valence-electron chi connectivity index (χ0n) is 10.5. The van der Waals surface area contributed by atoms with Crippen LogP contribution >= 0.6 is 11.6 Å². The Bertz CT molecular complexity index is 441. The van der Waals surface area contributed by atoms with Crippen LogP contribution in [-0.4, -0.2) is 35.1 Å². The van der Waals surface area contributed by atoms with Crippen LogP contribution in [0, 0.1) is 6.92 Å². The molecule has 1 atom stereocenters. The Morgan fingerprint density at radius 1 is 1.44 bits per heavy atom. The van der Waals surface area contributed by atoms with E-state index in [4.69, 9.17) is 11.6 Å². The number of benzene rings is 1. The van der Waals surface area contributed by atoms with Crippen LogP contribution in [0.5, 0.6) is 0 Å². The molecule has 1 aromatic carbocycles. The minimum atomic E-state index is -0.730. The third-order valence-corrected chi connectivity index (χ3v) is 3.82. The van der Waals surface area contributed by atoms with Gasteiger partial charge in [0.1, 0.15) is 6.04 Å². The standard InChI is InChI=1S/C14H18ClNO2/c1-10-8-12(15)5-4-11(10)9-13(14(17)18)16-6-2-3-7-16/h4-5,8,13H,2-3,6-7,9H2,1H3,(H,17,18)/t13-/m0/s1. The quantitative estimate of drug-likeness (QED) is 0.912. The molecular formula is C14H18ClNO2. The lowest BCUT2D eigenvalue weighted by Crippen LogP contribution is -2.41. The van der Waals surface area contributed by atoms with E-state index in [9.17, 15) is 9.90 Å². The van der Waals surface area contributed by atoms with Crippen LogP contribution in [0.15, 0.2) is 18.2 Å². The summed E-state index contributed by atoms with van der Waals surface area (Å²) in [4.78, 5) is 13.5. The molecule has 1 saturated heterocycles. The number of nitrogens with zero attached hydrogens (tertiary/aromatic N) is 1. The van der Waals surface area contributed by atoms with E-state index < -0.39 is 12.0 Å². The summed E-state index contributed by atoms with van der Waals surface area (Å²) in [7, 11) is 0. The maximum atomic E-state index is 11.4. The predicted octanol–water partition coefficient (Wildman–Crippen LogP) is 2.74. The van der Waals surface area contributed by atoms with Crippen LogP contribution in [0.3, 0.4) is 0 Å². The lowest BCUT2D eigenvalue weighted by Gasteiger charge is -2.24. The summed E-state index contributed by atoms with van der Waals surface area (Å²) in [6, 6.07) is 5.24. The van der Waals surface area contributed by atoms with Crippen molar-refractivity contribution >= 4 is 17.6 Å². The fourth-order valence-electron chi connectivity index (χ4n) is 2.52. The van der Waals surface area contributed by atoms with Gasteiger partial charge in [-0.15, -0.1) is 0 Å². The zero-order chi connectivity index (χ0) is 13.1. The van der Waals surface area contributed by atoms with Crippen LogP contribution in [0.25, 0.3) is 0 Å². The van der Waals surface area contributed by atoms with Crippen molar-refractivity contribution in [2.24, 2.45) is 0 Å². The molecule has 1 aromatic rings. The van der Waals surface area contributed by atoms with E-state index in [2.05, 4.69) is 4.90 Å². The molecule has 1 N–H and O–H groups in total. The van der Waals surface area contributed by atoms with Crippen molar-refractivity contribution in [2.75, 3.05) is 13.1 Å². The highest BCUT2D eigenvalue weighted by Gasteiger charge is 2.28. The van der Waals surface area contributed by atoms with Gasteiger partial charge >= 0.3 is 5.97 Å². The van der Waals surface area contributed by atoms with E-state index in [1.807, 2.05) is 25.1 Å². The molecule has 0 aliphatic carbocycles. The van der Waals surface area contributed by atoms with Gasteiger partial charge in [0.2, 0.25) is 0 Å². The number of halogens is 1. The van der Waals surface area contributed by atoms with Crippen molar-refractivity contribution in [1.29, 1.82) is 0 Å². The zero-order valence-corrected chi connectivity index (χ0v) is 11.3. The molecule has 1 heterocycles. The summed E-state index contributed by atoms with van der Waals surface area (Å²) >= 11 is 5.92. The first-order valence-electron chi connectivity index (χ1n) is 6.30. The summed E-state index contributed by atoms with van der Waals surface area (Å²) in [5.74, 6) is -0.730. The van der Waals surface area contributed by atoms with E-state index in [1.54, 1.807) is 0 Å². The van der Waals surface area contributed by atoms with Gasteiger partial charge in [-0.1, -0.05) is 17.7 Å². The highest BCUT2D eigenvalue weighted by molar-refractivity contribution is 6.30. The van der Waals surface area contributed by atoms with Crippen LogP contribution in [-0.2, 0) is 11.2 Å². The highest BCUT2D eigenvalue weighted by atomic mass is 35.5. The monoisotopic (exact) mass is 267 g/mol. The SMILES string of the molecule is Cc1cc(Cl)ccc1C[C@@H](C(=O)O)N1CCCC1. The number of hydrogen-bond acceptors (Lipinski definition) is 2. The second-order valence-corrected chi connectivity index (χ2v) is 5.31. The van der Waals surface area contributed by atoms with Crippen molar-refractivity contribution in [3.05, 3.63) is 34.3 Å². The lowest BCUT2D eigenvalue weighted by atomic mass is 10.0. The van der Waals surface area contributed by atoms with E-state index in [1.165, 1.54) is 0 Å². The predicted molar refractivity (Wildman–Crippen MR) is 72.1 cm³/mol. The molecule has 0 aromatic heterocycles. The molecule has 0 spiro atoms. The molecule has 0 saturated carbocycles. The average Bonchev–Trinajstić information content (AvgIpc) is 2.80. The lowest BCUT2D eigenvalue weighted by molar-refractivity contribution is -0.142. The second-order valence-electron chi connectivity index (χ2n) is 4.87. The Kier molecular flexibility index (Phi) is 4.25. The summed E-state index contributed by atoms with van der Waals surface area (Å²) < 4.78 is 0. The molecule has 98 valence electrons. The Labute approximate surface area is 112 Å². The van der Waals surface area contributed by atoms with Crippen molar-refractivity contribution in [3.63, 3.8) is 0 Å². The topological polar surface area (TPSA) is 40.5 Å². The molecule has 1 fully saturated rings. The van der Waals surface area contributed by atoms with Crippen molar-refractivity contribution < 1.29 is 9.90 Å². The van der Waals surface area contributed by atoms with E-state index in [-0.39, 0.29) is 0 Å². The van der Waals surface area contributed by atoms with Gasteiger partial charge in [0.25, 0.3) is 0 Å². The van der Waals surface area contributed by atoms with Gasteiger partial charge in [0.15, 0.2) is 0 Å². The van der Waals surface area contributed by atoms with Gasteiger partial charge in [-0.2, -0.15) is 0 Å². The molecule has 0 amide bonds. The summed E-state index contributed by atoms with van der Waals surface area (Å²) in [6.45, 7) is 3.76. The summed E-state index contributed by atoms with van der Waals surface area (Å²) in [5, 5.41) is 10.1. The Morgan fingerprint density at radius 3 is 2.67 bits per heavy atom. The maximum absolute atomic E-state index is 11.4. The maximum Gasteiger partial charge on any atom is 0.321 e. The van der Waals surface area contributed by atoms with Crippen LogP contribution < -0.4 is 0 Å². The molecule has 0 bridgehead atoms. The summed E-state index contributed by atoms with van der Waals surface area (Å²) in [5.41, 5.74) is 2.13. The average molecular weight is 268 g/mol. The van der Waals surface area contributed by atoms with Crippen LogP contribution in [0.2, 0.25) is 5.02 Å². The number of carboxylic acid groups (broad SMARTS) is 1. The number of carbonyl (C=O) groups is 1. The van der Waals surface area contributed by atoms with Crippen LogP contribution in [0.4, 0.5) is 0 Å². The van der Waals surface area contributed by atoms with Gasteiger partial charge in [-0.3, -0.25) is 9.69 Å². The van der Waals surface area contributed by atoms with Gasteiger partial charge in [0.05, 0.1) is 0 Å². The number of hydrogen-bond donors (Lipinski definition) is 1. The van der Waals surface area contributed by atoms with Crippen molar-refractivity contribution in [2.45, 2.75) is 32.2 Å². The van der Waals surface area contributed by atoms with E-state index in [0.29, 0.717) is 11.4 Å². The molecular weight excluding hydrogens is 250 g/mol. The van der Waals surface area contributed by atoms with E-state index in [0.717, 1.165) is 37.1 Å². The van der Waals surface area contributed by atoms with E-state index >= 15 is 0 Å². The molecule has 3 nitrogen and oxygen atoms in total. The number of carboxylic acids is 1. The highest BCUT2D eigenvalue weighted by Crippen LogP contribution is 2.20. The molecule has 4 heteroatoms. The molecule has 1 aliphatic heterocycles. The number of rotatable bonds is 4. The van der Waals surface area contributed by atoms with Gasteiger partial charge < -0.3 is 5.11 Å². The van der Waals surface area contributed by atoms with Crippen molar-refractivity contribution in [1.82, 2.24) is 4.90 Å². The minimum absolute atomic E-state index is 0.410. The molecule has 0 radical (unpaired) electrons. The normalized spacial score (nSPS) is 17.9. The molecule has 18 heavy (non-hydrogen) atoms. The number of aryl methyl sites for hydroxylation is 1. The Balaban J connectivity index is 2.15. The summed E-state index contributed by atoms with van der Waals surface area (Å²) in [6.07, 6.45) is 2.76. The van der Waals surface area contributed by atoms with Gasteiger partial charge in [-0.05, 0) is 62.5 Å². The third-order valence-electron chi connectivity index (χ3n) is 3.58. The first kappa shape index (κ1) is 13.4. The Morgan fingerprint density at radius 2 is 2.11 bits per heavy atom. The van der Waals surface area contributed by atoms with Gasteiger partial charge in [-0.25, -0.2) is 0 Å². The first-order chi connectivity index (χ1) is 8.58. The molecule has 0 unspecified atom stereocenters. The third kappa shape index (κ3) is 3.03. The fraction of sp³-hybridized carbons (Fsp3) is 0.500. The first-order valence-corrected chi connectivity index (χ1v) is 6.67. The Hall–Kier alpha value is -1.06. The van der Waals surface area contributed by atoms with Crippen molar-refractivity contribution in [3.8, 4) is 0 Å². The second kappa shape index (κ2) is 5.72. The fourth-order valence-corrected chi connectivity index (χ4v) is 2.75. The molecule has 1 aliphatic rings. The number of likely N-dealkylation sites (tertiary alicyclic amines) is 1.